The third kappa shape index (κ3) is 3.54. The number of hydrogen-bond acceptors (Lipinski definition) is 2. The van der Waals surface area contributed by atoms with Gasteiger partial charge in [-0.05, 0) is 24.1 Å². The van der Waals surface area contributed by atoms with E-state index in [0.717, 1.165) is 28.7 Å². The van der Waals surface area contributed by atoms with Gasteiger partial charge in [0.15, 0.2) is 0 Å². The van der Waals surface area contributed by atoms with Gasteiger partial charge in [0.05, 0.1) is 0 Å². The predicted molar refractivity (Wildman–Crippen MR) is 90.1 cm³/mol. The molecule has 0 aliphatic heterocycles. The van der Waals surface area contributed by atoms with Gasteiger partial charge in [-0.3, -0.25) is 0 Å². The Morgan fingerprint density at radius 3 is 2.65 bits per heavy atom. The van der Waals surface area contributed by atoms with Gasteiger partial charge in [-0.15, -0.1) is 0 Å². The molecule has 0 fully saturated rings. The molecule has 0 aromatic heterocycles. The molecule has 0 bridgehead atoms. The number of rotatable bonds is 3. The SMILES string of the molecule is CCCNC(=O)OC1Cc2ccccc2C#Cc2ccccc21. The molecule has 2 aromatic rings. The van der Waals surface area contributed by atoms with Crippen LogP contribution in [-0.4, -0.2) is 12.6 Å². The van der Waals surface area contributed by atoms with Gasteiger partial charge < -0.3 is 10.1 Å². The maximum absolute atomic E-state index is 12.0. The lowest BCUT2D eigenvalue weighted by Crippen LogP contribution is -2.27. The van der Waals surface area contributed by atoms with Crippen LogP contribution < -0.4 is 5.32 Å². The van der Waals surface area contributed by atoms with Crippen LogP contribution in [0, 0.1) is 11.8 Å². The summed E-state index contributed by atoms with van der Waals surface area (Å²) in [5, 5.41) is 2.77. The number of benzene rings is 2. The summed E-state index contributed by atoms with van der Waals surface area (Å²) in [6.45, 7) is 2.63. The maximum atomic E-state index is 12.0. The van der Waals surface area contributed by atoms with Gasteiger partial charge in [-0.2, -0.15) is 0 Å². The van der Waals surface area contributed by atoms with E-state index in [1.54, 1.807) is 0 Å². The molecule has 1 aliphatic rings. The number of hydrogen-bond donors (Lipinski definition) is 1. The van der Waals surface area contributed by atoms with E-state index >= 15 is 0 Å². The van der Waals surface area contributed by atoms with Gasteiger partial charge in [0, 0.05) is 29.7 Å². The van der Waals surface area contributed by atoms with Crippen molar-refractivity contribution in [3.8, 4) is 11.8 Å². The second-order valence-corrected chi connectivity index (χ2v) is 5.52. The molecular formula is C20H19NO2. The Kier molecular flexibility index (Phi) is 4.63. The lowest BCUT2D eigenvalue weighted by atomic mass is 9.92. The van der Waals surface area contributed by atoms with E-state index in [1.165, 1.54) is 0 Å². The molecule has 0 spiro atoms. The van der Waals surface area contributed by atoms with E-state index in [-0.39, 0.29) is 12.2 Å². The topological polar surface area (TPSA) is 38.3 Å². The molecule has 1 N–H and O–H groups in total. The summed E-state index contributed by atoms with van der Waals surface area (Å²) in [6, 6.07) is 15.9. The number of amides is 1. The fraction of sp³-hybridized carbons (Fsp3) is 0.250. The quantitative estimate of drug-likeness (QED) is 0.876. The molecule has 1 aliphatic carbocycles. The Balaban J connectivity index is 1.96. The van der Waals surface area contributed by atoms with Crippen molar-refractivity contribution in [2.45, 2.75) is 25.9 Å². The molecule has 0 radical (unpaired) electrons. The molecule has 0 saturated carbocycles. The van der Waals surface area contributed by atoms with Gasteiger partial charge in [-0.1, -0.05) is 55.2 Å². The van der Waals surface area contributed by atoms with Crippen molar-refractivity contribution in [2.24, 2.45) is 0 Å². The highest BCUT2D eigenvalue weighted by atomic mass is 16.6. The molecule has 23 heavy (non-hydrogen) atoms. The first kappa shape index (κ1) is 15.2. The summed E-state index contributed by atoms with van der Waals surface area (Å²) in [4.78, 5) is 12.0. The van der Waals surface area contributed by atoms with Crippen molar-refractivity contribution in [1.82, 2.24) is 5.32 Å². The Morgan fingerprint density at radius 2 is 1.83 bits per heavy atom. The lowest BCUT2D eigenvalue weighted by Gasteiger charge is -2.22. The van der Waals surface area contributed by atoms with Gasteiger partial charge in [0.1, 0.15) is 6.10 Å². The highest BCUT2D eigenvalue weighted by Crippen LogP contribution is 2.28. The van der Waals surface area contributed by atoms with Crippen LogP contribution in [0.1, 0.15) is 41.7 Å². The van der Waals surface area contributed by atoms with Crippen LogP contribution in [0.2, 0.25) is 0 Å². The van der Waals surface area contributed by atoms with Crippen molar-refractivity contribution < 1.29 is 9.53 Å². The normalized spacial score (nSPS) is 15.1. The zero-order chi connectivity index (χ0) is 16.1. The fourth-order valence-corrected chi connectivity index (χ4v) is 2.66. The van der Waals surface area contributed by atoms with Crippen LogP contribution >= 0.6 is 0 Å². The Hall–Kier alpha value is -2.73. The van der Waals surface area contributed by atoms with E-state index in [1.807, 2.05) is 55.5 Å². The molecule has 0 heterocycles. The second kappa shape index (κ2) is 7.02. The smallest absolute Gasteiger partial charge is 0.407 e. The average Bonchev–Trinajstić information content (AvgIpc) is 2.57. The Bertz CT molecular complexity index is 770. The number of nitrogens with one attached hydrogen (secondary N) is 1. The monoisotopic (exact) mass is 305 g/mol. The van der Waals surface area contributed by atoms with E-state index in [0.29, 0.717) is 13.0 Å². The number of carbonyl (C=O) groups is 1. The maximum Gasteiger partial charge on any atom is 0.407 e. The minimum Gasteiger partial charge on any atom is -0.441 e. The zero-order valence-corrected chi connectivity index (χ0v) is 13.1. The van der Waals surface area contributed by atoms with Crippen LogP contribution in [0.4, 0.5) is 4.79 Å². The van der Waals surface area contributed by atoms with Crippen LogP contribution in [0.15, 0.2) is 48.5 Å². The molecular weight excluding hydrogens is 286 g/mol. The second-order valence-electron chi connectivity index (χ2n) is 5.52. The van der Waals surface area contributed by atoms with Gasteiger partial charge in [0.25, 0.3) is 0 Å². The van der Waals surface area contributed by atoms with Crippen LogP contribution in [0.3, 0.4) is 0 Å². The van der Waals surface area contributed by atoms with Crippen LogP contribution in [0.25, 0.3) is 0 Å². The first-order chi connectivity index (χ1) is 11.3. The summed E-state index contributed by atoms with van der Waals surface area (Å²) in [6.07, 6.45) is 0.794. The van der Waals surface area contributed by atoms with Crippen molar-refractivity contribution >= 4 is 6.09 Å². The summed E-state index contributed by atoms with van der Waals surface area (Å²) in [7, 11) is 0. The van der Waals surface area contributed by atoms with Crippen LogP contribution in [0.5, 0.6) is 0 Å². The van der Waals surface area contributed by atoms with Crippen molar-refractivity contribution in [2.75, 3.05) is 6.54 Å². The highest BCUT2D eigenvalue weighted by Gasteiger charge is 2.22. The third-order valence-electron chi connectivity index (χ3n) is 3.83. The molecule has 2 aromatic carbocycles. The lowest BCUT2D eigenvalue weighted by molar-refractivity contribution is 0.0973. The summed E-state index contributed by atoms with van der Waals surface area (Å²) in [5.41, 5.74) is 3.96. The van der Waals surface area contributed by atoms with E-state index in [4.69, 9.17) is 4.74 Å². The van der Waals surface area contributed by atoms with E-state index in [9.17, 15) is 4.79 Å². The fourth-order valence-electron chi connectivity index (χ4n) is 2.66. The molecule has 3 rings (SSSR count). The summed E-state index contributed by atoms with van der Waals surface area (Å²) < 4.78 is 5.69. The van der Waals surface area contributed by atoms with Crippen LogP contribution in [-0.2, 0) is 11.2 Å². The first-order valence-electron chi connectivity index (χ1n) is 7.91. The minimum absolute atomic E-state index is 0.334. The summed E-state index contributed by atoms with van der Waals surface area (Å²) in [5.74, 6) is 6.43. The Labute approximate surface area is 136 Å². The number of alkyl carbamates (subject to hydrolysis) is 1. The molecule has 0 saturated heterocycles. The first-order valence-corrected chi connectivity index (χ1v) is 7.91. The molecule has 1 atom stereocenters. The number of carbonyl (C=O) groups excluding carboxylic acids is 1. The molecule has 1 unspecified atom stereocenters. The minimum atomic E-state index is -0.377. The Morgan fingerprint density at radius 1 is 1.13 bits per heavy atom. The van der Waals surface area contributed by atoms with Crippen molar-refractivity contribution in [3.05, 3.63) is 70.8 Å². The van der Waals surface area contributed by atoms with E-state index in [2.05, 4.69) is 17.2 Å². The van der Waals surface area contributed by atoms with Gasteiger partial charge in [-0.25, -0.2) is 4.79 Å². The summed E-state index contributed by atoms with van der Waals surface area (Å²) >= 11 is 0. The molecule has 116 valence electrons. The molecule has 3 heteroatoms. The standard InChI is InChI=1S/C20H19NO2/c1-2-13-21-20(22)23-19-14-17-9-4-3-7-15(17)11-12-16-8-5-6-10-18(16)19/h3-10,19H,2,13-14H2,1H3,(H,21,22). The molecule has 3 nitrogen and oxygen atoms in total. The van der Waals surface area contributed by atoms with Gasteiger partial charge in [0.2, 0.25) is 0 Å². The largest absolute Gasteiger partial charge is 0.441 e. The van der Waals surface area contributed by atoms with E-state index < -0.39 is 0 Å². The number of fused-ring (bicyclic) bond motifs is 2. The zero-order valence-electron chi connectivity index (χ0n) is 13.1. The highest BCUT2D eigenvalue weighted by molar-refractivity contribution is 5.68. The molecule has 1 amide bonds. The third-order valence-corrected chi connectivity index (χ3v) is 3.83. The average molecular weight is 305 g/mol. The van der Waals surface area contributed by atoms with Crippen molar-refractivity contribution in [3.63, 3.8) is 0 Å². The van der Waals surface area contributed by atoms with Crippen molar-refractivity contribution in [1.29, 1.82) is 0 Å². The van der Waals surface area contributed by atoms with Gasteiger partial charge >= 0.3 is 6.09 Å². The number of ether oxygens (including phenoxy) is 1. The predicted octanol–water partition coefficient (Wildman–Crippen LogP) is 3.82.